The van der Waals surface area contributed by atoms with Gasteiger partial charge in [-0.25, -0.2) is 0 Å². The first-order chi connectivity index (χ1) is 19.9. The second-order valence-electron chi connectivity index (χ2n) is 11.0. The molecule has 6 aromatic rings. The molecule has 0 saturated heterocycles. The predicted octanol–water partition coefficient (Wildman–Crippen LogP) is 4.59. The molecule has 1 nitrogen and oxygen atoms in total. The molecular weight excluding hydrogens is 499 g/mol. The molecule has 0 aromatic heterocycles. The zero-order chi connectivity index (χ0) is 26.2. The topological polar surface area (TPSA) is 3.24 Å². The van der Waals surface area contributed by atoms with Gasteiger partial charge < -0.3 is 4.81 Å². The van der Waals surface area contributed by atoms with Gasteiger partial charge in [0.1, 0.15) is 0 Å². The molecule has 1 unspecified atom stereocenters. The van der Waals surface area contributed by atoms with Gasteiger partial charge in [0, 0.05) is 22.5 Å². The molecule has 3 aliphatic heterocycles. The number of rotatable bonds is 0. The fourth-order valence-corrected chi connectivity index (χ4v) is 8.65. The van der Waals surface area contributed by atoms with Crippen molar-refractivity contribution in [3.8, 4) is 33.4 Å². The third-order valence-electron chi connectivity index (χ3n) is 8.88. The van der Waals surface area contributed by atoms with E-state index in [0.29, 0.717) is 8.58 Å². The Balaban J connectivity index is 1.41. The highest BCUT2D eigenvalue weighted by molar-refractivity contribution is 7.56. The van der Waals surface area contributed by atoms with Gasteiger partial charge in [-0.1, -0.05) is 141 Å². The molecule has 9 rings (SSSR count). The molecule has 4 heteroatoms. The summed E-state index contributed by atoms with van der Waals surface area (Å²) in [7, 11) is 1.48. The Hall–Kier alpha value is -4.32. The quantitative estimate of drug-likeness (QED) is 0.208. The fourth-order valence-electron chi connectivity index (χ4n) is 7.27. The highest BCUT2D eigenvalue weighted by atomic mass is 31.1. The minimum absolute atomic E-state index is 0.137. The minimum Gasteiger partial charge on any atom is -0.376 e. The van der Waals surface area contributed by atoms with Crippen molar-refractivity contribution in [1.82, 2.24) is 0 Å². The van der Waals surface area contributed by atoms with E-state index in [0.717, 1.165) is 7.28 Å². The van der Waals surface area contributed by atoms with Crippen molar-refractivity contribution in [2.75, 3.05) is 4.81 Å². The second kappa shape index (κ2) is 8.59. The standard InChI is InChI=1S/C36H24B2NP/c1-5-15-27-23(11-1)26-14-4-8-21-33(26)40-34-22-10-20-32-36(34)35-28(37-27)16-9-18-30(35)38-29-17-6-2-12-24(29)25-13-3-7-19-31(25)39(32)38/h1-22,37,40H. The van der Waals surface area contributed by atoms with Crippen molar-refractivity contribution in [1.29, 1.82) is 0 Å². The Morgan fingerprint density at radius 2 is 1.07 bits per heavy atom. The maximum Gasteiger partial charge on any atom is 0.329 e. The lowest BCUT2D eigenvalue weighted by Gasteiger charge is -2.44. The first kappa shape index (κ1) is 22.5. The van der Waals surface area contributed by atoms with E-state index in [9.17, 15) is 0 Å². The van der Waals surface area contributed by atoms with Crippen molar-refractivity contribution >= 4 is 66.5 Å². The number of para-hydroxylation sites is 1. The van der Waals surface area contributed by atoms with Crippen LogP contribution in [-0.2, 0) is 0 Å². The Bertz CT molecular complexity index is 1840. The van der Waals surface area contributed by atoms with Crippen LogP contribution < -0.4 is 37.3 Å². The van der Waals surface area contributed by atoms with E-state index >= 15 is 0 Å². The summed E-state index contributed by atoms with van der Waals surface area (Å²) in [6.45, 7) is 0.137. The number of hydrogen-bond donors (Lipinski definition) is 0. The van der Waals surface area contributed by atoms with Gasteiger partial charge >= 0.3 is 6.85 Å². The van der Waals surface area contributed by atoms with E-state index in [1.807, 2.05) is 0 Å². The third kappa shape index (κ3) is 3.10. The monoisotopic (exact) mass is 523 g/mol. The molecule has 0 bridgehead atoms. The highest BCUT2D eigenvalue weighted by Crippen LogP contribution is 2.45. The molecule has 184 valence electrons. The lowest BCUT2D eigenvalue weighted by molar-refractivity contribution is 1.36. The van der Waals surface area contributed by atoms with Gasteiger partial charge in [-0.15, -0.1) is 0 Å². The van der Waals surface area contributed by atoms with E-state index in [1.54, 1.807) is 0 Å². The number of anilines is 2. The molecule has 0 amide bonds. The first-order valence-corrected chi connectivity index (χ1v) is 15.0. The summed E-state index contributed by atoms with van der Waals surface area (Å²) in [4.78, 5) is 2.62. The summed E-state index contributed by atoms with van der Waals surface area (Å²) < 4.78 is 0. The molecule has 0 N–H and O–H groups in total. The fraction of sp³-hybridized carbons (Fsp3) is 0. The normalized spacial score (nSPS) is 14.1. The Morgan fingerprint density at radius 1 is 0.450 bits per heavy atom. The number of nitrogens with zero attached hydrogens (tertiary/aromatic N) is 1. The summed E-state index contributed by atoms with van der Waals surface area (Å²) in [5, 5.41) is 2.84. The van der Waals surface area contributed by atoms with E-state index in [-0.39, 0.29) is 6.85 Å². The minimum atomic E-state index is 0.137. The molecule has 0 aliphatic carbocycles. The Labute approximate surface area is 237 Å². The van der Waals surface area contributed by atoms with Gasteiger partial charge in [0.25, 0.3) is 0 Å². The van der Waals surface area contributed by atoms with Crippen LogP contribution in [0, 0.1) is 0 Å². The maximum atomic E-state index is 2.62. The highest BCUT2D eigenvalue weighted by Gasteiger charge is 2.43. The molecule has 0 radical (unpaired) electrons. The molecule has 3 aliphatic rings. The van der Waals surface area contributed by atoms with Crippen LogP contribution in [0.2, 0.25) is 0 Å². The van der Waals surface area contributed by atoms with Crippen LogP contribution in [0.4, 0.5) is 11.4 Å². The van der Waals surface area contributed by atoms with E-state index in [1.165, 1.54) is 77.2 Å². The molecule has 6 aromatic carbocycles. The lowest BCUT2D eigenvalue weighted by atomic mass is 9.42. The van der Waals surface area contributed by atoms with Crippen LogP contribution in [0.15, 0.2) is 133 Å². The lowest BCUT2D eigenvalue weighted by Crippen LogP contribution is -2.61. The summed E-state index contributed by atoms with van der Waals surface area (Å²) in [5.74, 6) is 0. The van der Waals surface area contributed by atoms with Gasteiger partial charge in [0.2, 0.25) is 0 Å². The molecule has 0 fully saturated rings. The molecule has 0 spiro atoms. The molecule has 0 saturated carbocycles. The van der Waals surface area contributed by atoms with Crippen molar-refractivity contribution in [3.63, 3.8) is 0 Å². The summed E-state index contributed by atoms with van der Waals surface area (Å²) in [6.07, 6.45) is 0. The average molecular weight is 523 g/mol. The van der Waals surface area contributed by atoms with E-state index in [2.05, 4.69) is 138 Å². The van der Waals surface area contributed by atoms with Crippen LogP contribution in [0.1, 0.15) is 0 Å². The largest absolute Gasteiger partial charge is 0.376 e. The van der Waals surface area contributed by atoms with Gasteiger partial charge in [-0.3, -0.25) is 0 Å². The van der Waals surface area contributed by atoms with Crippen molar-refractivity contribution < 1.29 is 0 Å². The second-order valence-corrected chi connectivity index (χ2v) is 12.3. The van der Waals surface area contributed by atoms with Gasteiger partial charge in [-0.2, -0.15) is 0 Å². The van der Waals surface area contributed by atoms with E-state index < -0.39 is 0 Å². The average Bonchev–Trinajstić information content (AvgIpc) is 3.01. The summed E-state index contributed by atoms with van der Waals surface area (Å²) in [5.41, 5.74) is 16.4. The van der Waals surface area contributed by atoms with Crippen molar-refractivity contribution in [2.24, 2.45) is 0 Å². The van der Waals surface area contributed by atoms with Crippen molar-refractivity contribution in [3.05, 3.63) is 133 Å². The van der Waals surface area contributed by atoms with Crippen LogP contribution >= 0.6 is 8.58 Å². The number of fused-ring (bicyclic) bond motifs is 11. The van der Waals surface area contributed by atoms with Crippen LogP contribution in [0.5, 0.6) is 0 Å². The molecule has 3 heterocycles. The van der Waals surface area contributed by atoms with Crippen LogP contribution in [0.3, 0.4) is 0 Å². The van der Waals surface area contributed by atoms with Gasteiger partial charge in [0.15, 0.2) is 7.28 Å². The van der Waals surface area contributed by atoms with Gasteiger partial charge in [0.05, 0.1) is 0 Å². The smallest absolute Gasteiger partial charge is 0.329 e. The third-order valence-corrected chi connectivity index (χ3v) is 10.3. The molecular formula is C36H24B2NP. The Kier molecular flexibility index (Phi) is 4.83. The molecule has 1 atom stereocenters. The zero-order valence-electron chi connectivity index (χ0n) is 21.9. The summed E-state index contributed by atoms with van der Waals surface area (Å²) in [6, 6.07) is 50.0. The first-order valence-electron chi connectivity index (χ1n) is 14.0. The Morgan fingerprint density at radius 3 is 2.00 bits per heavy atom. The summed E-state index contributed by atoms with van der Waals surface area (Å²) >= 11 is 0. The maximum absolute atomic E-state index is 2.62. The zero-order valence-corrected chi connectivity index (χ0v) is 22.9. The van der Waals surface area contributed by atoms with Crippen molar-refractivity contribution in [2.45, 2.75) is 0 Å². The van der Waals surface area contributed by atoms with Crippen LogP contribution in [-0.4, -0.2) is 14.1 Å². The predicted molar refractivity (Wildman–Crippen MR) is 177 cm³/mol. The van der Waals surface area contributed by atoms with E-state index in [4.69, 9.17) is 0 Å². The van der Waals surface area contributed by atoms with Gasteiger partial charge in [-0.05, 0) is 55.9 Å². The van der Waals surface area contributed by atoms with Crippen LogP contribution in [0.25, 0.3) is 33.4 Å². The number of benzene rings is 6. The SMILES string of the molecule is B1c2ccccc2-c2ccccc2Pc2cccc3c2-c2c1cccc2B1c2ccccc2-c2ccccc2N13. The number of hydrogen-bond acceptors (Lipinski definition) is 1. The molecule has 40 heavy (non-hydrogen) atoms.